The Morgan fingerprint density at radius 2 is 1.96 bits per heavy atom. The van der Waals surface area contributed by atoms with Crippen molar-refractivity contribution in [2.24, 2.45) is 0 Å². The first kappa shape index (κ1) is 16.5. The Morgan fingerprint density at radius 1 is 1.19 bits per heavy atom. The lowest BCUT2D eigenvalue weighted by atomic mass is 10.2. The van der Waals surface area contributed by atoms with Crippen molar-refractivity contribution < 1.29 is 9.47 Å². The van der Waals surface area contributed by atoms with Gasteiger partial charge < -0.3 is 9.47 Å². The van der Waals surface area contributed by atoms with Gasteiger partial charge >= 0.3 is 0 Å². The molecular formula is C19H15N3O3S. The van der Waals surface area contributed by atoms with Gasteiger partial charge in [-0.25, -0.2) is 4.98 Å². The Kier molecular flexibility index (Phi) is 4.50. The molecule has 0 fully saturated rings. The molecule has 0 saturated carbocycles. The van der Waals surface area contributed by atoms with Gasteiger partial charge in [-0.3, -0.25) is 9.36 Å². The first-order valence-electron chi connectivity index (χ1n) is 8.14. The van der Waals surface area contributed by atoms with E-state index in [1.165, 1.54) is 11.8 Å². The Morgan fingerprint density at radius 3 is 2.81 bits per heavy atom. The summed E-state index contributed by atoms with van der Waals surface area (Å²) in [6.07, 6.45) is -0.313. The monoisotopic (exact) mass is 365 g/mol. The Balaban J connectivity index is 1.70. The molecule has 2 heterocycles. The molecule has 2 aromatic carbocycles. The summed E-state index contributed by atoms with van der Waals surface area (Å²) < 4.78 is 13.3. The standard InChI is InChI=1S/C19H15N3O3S/c20-9-10-26-19-21-15-6-2-1-5-14(15)18(23)22(19)11-13-12-24-16-7-3-4-8-17(16)25-13/h1-8,13H,10-12H2. The number of nitrogens with zero attached hydrogens (tertiary/aromatic N) is 3. The van der Waals surface area contributed by atoms with Gasteiger partial charge in [0.25, 0.3) is 5.56 Å². The summed E-state index contributed by atoms with van der Waals surface area (Å²) in [4.78, 5) is 17.5. The van der Waals surface area contributed by atoms with Crippen molar-refractivity contribution in [3.05, 3.63) is 58.9 Å². The molecule has 0 bridgehead atoms. The third-order valence-electron chi connectivity index (χ3n) is 4.05. The van der Waals surface area contributed by atoms with Crippen LogP contribution in [0.5, 0.6) is 11.5 Å². The Hall–Kier alpha value is -2.98. The fourth-order valence-corrected chi connectivity index (χ4v) is 3.54. The average Bonchev–Trinajstić information content (AvgIpc) is 2.69. The number of hydrogen-bond acceptors (Lipinski definition) is 6. The second-order valence-corrected chi connectivity index (χ2v) is 6.71. The summed E-state index contributed by atoms with van der Waals surface area (Å²) in [5, 5.41) is 9.96. The van der Waals surface area contributed by atoms with E-state index in [9.17, 15) is 4.79 Å². The van der Waals surface area contributed by atoms with E-state index in [0.717, 1.165) is 0 Å². The summed E-state index contributed by atoms with van der Waals surface area (Å²) in [5.74, 6) is 1.58. The topological polar surface area (TPSA) is 77.1 Å². The van der Waals surface area contributed by atoms with Gasteiger partial charge in [-0.05, 0) is 24.3 Å². The fourth-order valence-electron chi connectivity index (χ4n) is 2.87. The Bertz CT molecular complexity index is 1060. The first-order chi connectivity index (χ1) is 12.8. The Labute approximate surface area is 154 Å². The lowest BCUT2D eigenvalue weighted by Crippen LogP contribution is -2.37. The number of benzene rings is 2. The van der Waals surface area contributed by atoms with Crippen molar-refractivity contribution in [1.82, 2.24) is 9.55 Å². The molecule has 1 unspecified atom stereocenters. The number of fused-ring (bicyclic) bond motifs is 2. The van der Waals surface area contributed by atoms with Gasteiger partial charge in [0.05, 0.1) is 29.3 Å². The van der Waals surface area contributed by atoms with Crippen LogP contribution in [0.15, 0.2) is 58.5 Å². The normalized spacial score (nSPS) is 15.6. The molecule has 0 radical (unpaired) electrons. The van der Waals surface area contributed by atoms with Crippen molar-refractivity contribution in [3.63, 3.8) is 0 Å². The quantitative estimate of drug-likeness (QED) is 0.523. The van der Waals surface area contributed by atoms with Gasteiger partial charge in [-0.1, -0.05) is 36.0 Å². The van der Waals surface area contributed by atoms with E-state index in [4.69, 9.17) is 14.7 Å². The van der Waals surface area contributed by atoms with Crippen molar-refractivity contribution in [1.29, 1.82) is 5.26 Å². The second kappa shape index (κ2) is 7.10. The molecule has 130 valence electrons. The van der Waals surface area contributed by atoms with Crippen LogP contribution in [0.1, 0.15) is 0 Å². The predicted octanol–water partition coefficient (Wildman–Crippen LogP) is 2.85. The molecule has 0 saturated heterocycles. The highest BCUT2D eigenvalue weighted by molar-refractivity contribution is 7.99. The van der Waals surface area contributed by atoms with E-state index >= 15 is 0 Å². The van der Waals surface area contributed by atoms with Gasteiger partial charge in [-0.15, -0.1) is 0 Å². The third-order valence-corrected chi connectivity index (χ3v) is 4.89. The summed E-state index contributed by atoms with van der Waals surface area (Å²) in [6.45, 7) is 0.650. The SMILES string of the molecule is N#CCSc1nc2ccccc2c(=O)n1CC1COc2ccccc2O1. The van der Waals surface area contributed by atoms with E-state index < -0.39 is 0 Å². The molecule has 0 spiro atoms. The smallest absolute Gasteiger partial charge is 0.262 e. The number of hydrogen-bond donors (Lipinski definition) is 0. The zero-order valence-corrected chi connectivity index (χ0v) is 14.6. The minimum atomic E-state index is -0.313. The zero-order valence-electron chi connectivity index (χ0n) is 13.8. The highest BCUT2D eigenvalue weighted by Crippen LogP contribution is 2.31. The van der Waals surface area contributed by atoms with E-state index in [1.807, 2.05) is 36.4 Å². The molecule has 1 aliphatic rings. The summed E-state index contributed by atoms with van der Waals surface area (Å²) in [7, 11) is 0. The van der Waals surface area contributed by atoms with Crippen molar-refractivity contribution in [2.45, 2.75) is 17.8 Å². The van der Waals surface area contributed by atoms with E-state index in [2.05, 4.69) is 11.1 Å². The minimum absolute atomic E-state index is 0.140. The number of ether oxygens (including phenoxy) is 2. The third kappa shape index (κ3) is 3.11. The van der Waals surface area contributed by atoms with E-state index in [-0.39, 0.29) is 17.4 Å². The van der Waals surface area contributed by atoms with Crippen LogP contribution in [0.25, 0.3) is 10.9 Å². The maximum atomic E-state index is 13.0. The highest BCUT2D eigenvalue weighted by atomic mass is 32.2. The van der Waals surface area contributed by atoms with Crippen molar-refractivity contribution in [2.75, 3.05) is 12.4 Å². The lowest BCUT2D eigenvalue weighted by Gasteiger charge is -2.27. The zero-order chi connectivity index (χ0) is 17.9. The minimum Gasteiger partial charge on any atom is -0.486 e. The molecule has 0 N–H and O–H groups in total. The molecule has 1 aromatic heterocycles. The molecule has 3 aromatic rings. The predicted molar refractivity (Wildman–Crippen MR) is 98.7 cm³/mol. The van der Waals surface area contributed by atoms with Crippen molar-refractivity contribution >= 4 is 22.7 Å². The number of rotatable bonds is 4. The number of nitriles is 1. The molecule has 0 aliphatic carbocycles. The van der Waals surface area contributed by atoms with Crippen LogP contribution in [0.2, 0.25) is 0 Å². The van der Waals surface area contributed by atoms with Crippen molar-refractivity contribution in [3.8, 4) is 17.6 Å². The van der Waals surface area contributed by atoms with Crippen LogP contribution in [-0.4, -0.2) is 28.0 Å². The summed E-state index contributed by atoms with van der Waals surface area (Å²) >= 11 is 1.24. The highest BCUT2D eigenvalue weighted by Gasteiger charge is 2.23. The van der Waals surface area contributed by atoms with Gasteiger partial charge in [0.2, 0.25) is 0 Å². The molecule has 1 aliphatic heterocycles. The van der Waals surface area contributed by atoms with Crippen LogP contribution in [0, 0.1) is 11.3 Å². The van der Waals surface area contributed by atoms with E-state index in [1.54, 1.807) is 16.7 Å². The molecule has 26 heavy (non-hydrogen) atoms. The first-order valence-corrected chi connectivity index (χ1v) is 9.12. The summed E-state index contributed by atoms with van der Waals surface area (Å²) in [5.41, 5.74) is 0.485. The van der Waals surface area contributed by atoms with Crippen LogP contribution in [0.3, 0.4) is 0 Å². The largest absolute Gasteiger partial charge is 0.486 e. The van der Waals surface area contributed by atoms with Crippen LogP contribution in [-0.2, 0) is 6.54 Å². The molecule has 0 amide bonds. The van der Waals surface area contributed by atoms with Gasteiger partial charge in [0, 0.05) is 0 Å². The maximum absolute atomic E-state index is 13.0. The molecule has 4 rings (SSSR count). The summed E-state index contributed by atoms with van der Waals surface area (Å²) in [6, 6.07) is 16.7. The molecule has 1 atom stereocenters. The van der Waals surface area contributed by atoms with E-state index in [0.29, 0.717) is 40.7 Å². The number of aromatic nitrogens is 2. The van der Waals surface area contributed by atoms with Crippen LogP contribution in [0.4, 0.5) is 0 Å². The van der Waals surface area contributed by atoms with Gasteiger partial charge in [0.15, 0.2) is 22.8 Å². The fraction of sp³-hybridized carbons (Fsp3) is 0.211. The maximum Gasteiger partial charge on any atom is 0.262 e. The van der Waals surface area contributed by atoms with Gasteiger partial charge in [0.1, 0.15) is 6.61 Å². The molecule has 7 heteroatoms. The molecule has 6 nitrogen and oxygen atoms in total. The molecular weight excluding hydrogens is 350 g/mol. The van der Waals surface area contributed by atoms with Crippen LogP contribution < -0.4 is 15.0 Å². The van der Waals surface area contributed by atoms with Gasteiger partial charge in [-0.2, -0.15) is 5.26 Å². The number of thioether (sulfide) groups is 1. The average molecular weight is 365 g/mol. The van der Waals surface area contributed by atoms with Crippen LogP contribution >= 0.6 is 11.8 Å². The lowest BCUT2D eigenvalue weighted by molar-refractivity contribution is 0.0757. The number of para-hydroxylation sites is 3. The second-order valence-electron chi connectivity index (χ2n) is 5.77.